The number of unbranched alkanes of at least 4 members (excludes halogenated alkanes) is 1. The smallest absolute Gasteiger partial charge is 0.322 e. The van der Waals surface area contributed by atoms with Gasteiger partial charge in [0.05, 0.1) is 5.69 Å². The van der Waals surface area contributed by atoms with E-state index in [-0.39, 0.29) is 24.4 Å². The van der Waals surface area contributed by atoms with Gasteiger partial charge in [-0.2, -0.15) is 0 Å². The predicted octanol–water partition coefficient (Wildman–Crippen LogP) is 2.90. The summed E-state index contributed by atoms with van der Waals surface area (Å²) < 4.78 is 13.7. The minimum atomic E-state index is -0.413. The number of nitrogens with one attached hydrogen (secondary N) is 1. The summed E-state index contributed by atoms with van der Waals surface area (Å²) in [6.07, 6.45) is 3.44. The summed E-state index contributed by atoms with van der Waals surface area (Å²) in [6, 6.07) is 4.77. The van der Waals surface area contributed by atoms with Crippen molar-refractivity contribution in [3.05, 3.63) is 29.6 Å². The molecule has 1 saturated carbocycles. The van der Waals surface area contributed by atoms with Crippen LogP contribution < -0.4 is 5.32 Å². The Morgan fingerprint density at radius 1 is 1.45 bits per heavy atom. The van der Waals surface area contributed by atoms with Gasteiger partial charge in [-0.05, 0) is 50.3 Å². The number of urea groups is 1. The van der Waals surface area contributed by atoms with E-state index in [0.717, 1.165) is 24.8 Å². The molecule has 0 heterocycles. The number of aliphatic hydroxyl groups excluding tert-OH is 1. The zero-order valence-electron chi connectivity index (χ0n) is 11.7. The Bertz CT molecular complexity index is 475. The van der Waals surface area contributed by atoms with Crippen LogP contribution in [0.4, 0.5) is 14.9 Å². The molecule has 2 amide bonds. The van der Waals surface area contributed by atoms with E-state index >= 15 is 0 Å². The number of benzene rings is 1. The van der Waals surface area contributed by atoms with Crippen molar-refractivity contribution in [1.29, 1.82) is 0 Å². The summed E-state index contributed by atoms with van der Waals surface area (Å²) in [5, 5.41) is 11.4. The van der Waals surface area contributed by atoms with Gasteiger partial charge in [-0.25, -0.2) is 9.18 Å². The minimum Gasteiger partial charge on any atom is -0.396 e. The van der Waals surface area contributed by atoms with Crippen LogP contribution in [0.3, 0.4) is 0 Å². The molecule has 110 valence electrons. The molecule has 2 rings (SSSR count). The Hall–Kier alpha value is -1.62. The molecule has 1 aliphatic rings. The first-order valence-electron chi connectivity index (χ1n) is 7.06. The molecular weight excluding hydrogens is 259 g/mol. The third-order valence-corrected chi connectivity index (χ3v) is 3.42. The summed E-state index contributed by atoms with van der Waals surface area (Å²) in [5.41, 5.74) is 1.04. The molecule has 0 saturated heterocycles. The molecule has 0 aromatic heterocycles. The summed E-state index contributed by atoms with van der Waals surface area (Å²) in [5.74, 6) is -0.413. The van der Waals surface area contributed by atoms with Gasteiger partial charge >= 0.3 is 6.03 Å². The average Bonchev–Trinajstić information content (AvgIpc) is 3.22. The first-order valence-corrected chi connectivity index (χ1v) is 7.06. The number of halogens is 1. The topological polar surface area (TPSA) is 52.6 Å². The molecule has 1 aromatic rings. The second-order valence-electron chi connectivity index (χ2n) is 5.27. The lowest BCUT2D eigenvalue weighted by Crippen LogP contribution is -2.37. The Kier molecular flexibility index (Phi) is 4.95. The van der Waals surface area contributed by atoms with Gasteiger partial charge in [0.2, 0.25) is 0 Å². The number of aliphatic hydroxyl groups is 1. The molecule has 0 bridgehead atoms. The van der Waals surface area contributed by atoms with E-state index in [0.29, 0.717) is 13.0 Å². The zero-order chi connectivity index (χ0) is 14.5. The predicted molar refractivity (Wildman–Crippen MR) is 76.2 cm³/mol. The minimum absolute atomic E-state index is 0.132. The Labute approximate surface area is 118 Å². The van der Waals surface area contributed by atoms with Crippen LogP contribution in [-0.2, 0) is 0 Å². The first-order chi connectivity index (χ1) is 9.61. The summed E-state index contributed by atoms with van der Waals surface area (Å²) in [4.78, 5) is 14.0. The van der Waals surface area contributed by atoms with Gasteiger partial charge in [0.1, 0.15) is 5.82 Å². The highest BCUT2D eigenvalue weighted by molar-refractivity contribution is 5.89. The lowest BCUT2D eigenvalue weighted by Gasteiger charge is -2.23. The number of anilines is 1. The summed E-state index contributed by atoms with van der Waals surface area (Å²) in [6.45, 7) is 2.54. The van der Waals surface area contributed by atoms with Gasteiger partial charge in [-0.1, -0.05) is 6.07 Å². The van der Waals surface area contributed by atoms with Crippen molar-refractivity contribution in [1.82, 2.24) is 4.90 Å². The maximum atomic E-state index is 13.7. The van der Waals surface area contributed by atoms with Crippen molar-refractivity contribution in [2.24, 2.45) is 0 Å². The third-order valence-electron chi connectivity index (χ3n) is 3.42. The number of aryl methyl sites for hydroxylation is 1. The monoisotopic (exact) mass is 280 g/mol. The van der Waals surface area contributed by atoms with Crippen LogP contribution >= 0.6 is 0 Å². The fourth-order valence-electron chi connectivity index (χ4n) is 2.14. The van der Waals surface area contributed by atoms with Gasteiger partial charge in [0.15, 0.2) is 0 Å². The Morgan fingerprint density at radius 3 is 2.80 bits per heavy atom. The van der Waals surface area contributed by atoms with Gasteiger partial charge < -0.3 is 15.3 Å². The lowest BCUT2D eigenvalue weighted by atomic mass is 10.2. The highest BCUT2D eigenvalue weighted by Gasteiger charge is 2.32. The van der Waals surface area contributed by atoms with Crippen LogP contribution in [0.1, 0.15) is 31.2 Å². The van der Waals surface area contributed by atoms with E-state index < -0.39 is 5.82 Å². The molecule has 1 aromatic carbocycles. The fourth-order valence-corrected chi connectivity index (χ4v) is 2.14. The number of carbonyl (C=O) groups is 1. The molecule has 1 aliphatic carbocycles. The van der Waals surface area contributed by atoms with E-state index in [1.807, 2.05) is 0 Å². The van der Waals surface area contributed by atoms with Crippen LogP contribution in [-0.4, -0.2) is 35.2 Å². The maximum absolute atomic E-state index is 13.7. The number of rotatable bonds is 6. The molecule has 0 spiro atoms. The van der Waals surface area contributed by atoms with Crippen LogP contribution in [0, 0.1) is 12.7 Å². The van der Waals surface area contributed by atoms with Crippen LogP contribution in [0.5, 0.6) is 0 Å². The largest absolute Gasteiger partial charge is 0.396 e. The second-order valence-corrected chi connectivity index (χ2v) is 5.27. The molecule has 0 unspecified atom stereocenters. The van der Waals surface area contributed by atoms with E-state index in [4.69, 9.17) is 5.11 Å². The van der Waals surface area contributed by atoms with E-state index in [1.54, 1.807) is 24.0 Å². The average molecular weight is 280 g/mol. The van der Waals surface area contributed by atoms with Crippen molar-refractivity contribution >= 4 is 11.7 Å². The first kappa shape index (κ1) is 14.8. The summed E-state index contributed by atoms with van der Waals surface area (Å²) >= 11 is 0. The van der Waals surface area contributed by atoms with E-state index in [9.17, 15) is 9.18 Å². The second kappa shape index (κ2) is 6.70. The Balaban J connectivity index is 1.97. The van der Waals surface area contributed by atoms with Crippen molar-refractivity contribution in [3.63, 3.8) is 0 Å². The molecule has 0 aliphatic heterocycles. The SMILES string of the molecule is Cc1ccc(NC(=O)N(CCCCO)C2CC2)c(F)c1. The molecule has 20 heavy (non-hydrogen) atoms. The standard InChI is InChI=1S/C15H21FN2O2/c1-11-4-7-14(13(16)10-11)17-15(20)18(12-5-6-12)8-2-3-9-19/h4,7,10,12,19H,2-3,5-6,8-9H2,1H3,(H,17,20). The molecule has 2 N–H and O–H groups in total. The van der Waals surface area contributed by atoms with E-state index in [2.05, 4.69) is 5.32 Å². The molecule has 0 atom stereocenters. The molecule has 0 radical (unpaired) electrons. The number of hydrogen-bond donors (Lipinski definition) is 2. The summed E-state index contributed by atoms with van der Waals surface area (Å²) in [7, 11) is 0. The van der Waals surface area contributed by atoms with Gasteiger partial charge in [0.25, 0.3) is 0 Å². The highest BCUT2D eigenvalue weighted by atomic mass is 19.1. The number of amides is 2. The van der Waals surface area contributed by atoms with E-state index in [1.165, 1.54) is 6.07 Å². The van der Waals surface area contributed by atoms with Crippen molar-refractivity contribution in [3.8, 4) is 0 Å². The zero-order valence-corrected chi connectivity index (χ0v) is 11.7. The Morgan fingerprint density at radius 2 is 2.20 bits per heavy atom. The van der Waals surface area contributed by atoms with Crippen molar-refractivity contribution < 1.29 is 14.3 Å². The molecule has 5 heteroatoms. The van der Waals surface area contributed by atoms with Crippen LogP contribution in [0.25, 0.3) is 0 Å². The van der Waals surface area contributed by atoms with Crippen LogP contribution in [0.2, 0.25) is 0 Å². The van der Waals surface area contributed by atoms with Crippen molar-refractivity contribution in [2.45, 2.75) is 38.6 Å². The maximum Gasteiger partial charge on any atom is 0.322 e. The molecular formula is C15H21FN2O2. The lowest BCUT2D eigenvalue weighted by molar-refractivity contribution is 0.204. The highest BCUT2D eigenvalue weighted by Crippen LogP contribution is 2.28. The number of hydrogen-bond acceptors (Lipinski definition) is 2. The van der Waals surface area contributed by atoms with Gasteiger partial charge in [-0.3, -0.25) is 0 Å². The van der Waals surface area contributed by atoms with Gasteiger partial charge in [0, 0.05) is 19.2 Å². The van der Waals surface area contributed by atoms with Gasteiger partial charge in [-0.15, -0.1) is 0 Å². The number of nitrogens with zero attached hydrogens (tertiary/aromatic N) is 1. The van der Waals surface area contributed by atoms with Crippen molar-refractivity contribution in [2.75, 3.05) is 18.5 Å². The number of carbonyl (C=O) groups excluding carboxylic acids is 1. The third kappa shape index (κ3) is 3.93. The molecule has 4 nitrogen and oxygen atoms in total. The molecule has 1 fully saturated rings. The normalized spacial score (nSPS) is 14.2. The quantitative estimate of drug-likeness (QED) is 0.787. The fraction of sp³-hybridized carbons (Fsp3) is 0.533. The van der Waals surface area contributed by atoms with Crippen LogP contribution in [0.15, 0.2) is 18.2 Å².